The van der Waals surface area contributed by atoms with Gasteiger partial charge < -0.3 is 10.2 Å². The van der Waals surface area contributed by atoms with Crippen LogP contribution in [0.4, 0.5) is 0 Å². The van der Waals surface area contributed by atoms with Crippen LogP contribution in [0.15, 0.2) is 11.6 Å². The summed E-state index contributed by atoms with van der Waals surface area (Å²) in [7, 11) is 0. The smallest absolute Gasteiger partial charge is 0.138 e. The van der Waals surface area contributed by atoms with E-state index in [9.17, 15) is 15.0 Å². The SMILES string of the molecule is CC1(C)C(=O)CC[C@]2(C)[C@H]3CC[C@@H]4C5=C[C@](C)(CO)CC[C@]5(C)CC[C@@]4(C)[C@]3(C)C[C@@H](O)[C@@H]12. The summed E-state index contributed by atoms with van der Waals surface area (Å²) in [6.07, 6.45) is 11.6. The molecule has 0 unspecified atom stereocenters. The Kier molecular flexibility index (Phi) is 5.07. The second-order valence-electron chi connectivity index (χ2n) is 14.9. The summed E-state index contributed by atoms with van der Waals surface area (Å²) < 4.78 is 0. The molecule has 5 aliphatic carbocycles. The molecule has 0 spiro atoms. The van der Waals surface area contributed by atoms with Crippen molar-refractivity contribution in [2.45, 2.75) is 112 Å². The van der Waals surface area contributed by atoms with Gasteiger partial charge in [0.25, 0.3) is 0 Å². The van der Waals surface area contributed by atoms with Crippen LogP contribution in [0.5, 0.6) is 0 Å². The lowest BCUT2D eigenvalue weighted by atomic mass is 9.32. The fourth-order valence-corrected chi connectivity index (χ4v) is 10.7. The summed E-state index contributed by atoms with van der Waals surface area (Å²) in [6, 6.07) is 0. The van der Waals surface area contributed by atoms with E-state index >= 15 is 0 Å². The zero-order valence-electron chi connectivity index (χ0n) is 22.3. The molecule has 0 aliphatic heterocycles. The van der Waals surface area contributed by atoms with Crippen molar-refractivity contribution in [3.63, 3.8) is 0 Å². The molecule has 4 fully saturated rings. The van der Waals surface area contributed by atoms with E-state index in [4.69, 9.17) is 0 Å². The zero-order chi connectivity index (χ0) is 24.2. The molecule has 0 heterocycles. The molecule has 0 aromatic carbocycles. The van der Waals surface area contributed by atoms with Gasteiger partial charge in [0.1, 0.15) is 5.78 Å². The molecular formula is C30H48O3. The molecule has 0 saturated heterocycles. The second-order valence-corrected chi connectivity index (χ2v) is 14.9. The zero-order valence-corrected chi connectivity index (χ0v) is 22.3. The number of ketones is 1. The normalized spacial score (nSPS) is 55.5. The summed E-state index contributed by atoms with van der Waals surface area (Å²) in [6.45, 7) is 16.6. The third-order valence-corrected chi connectivity index (χ3v) is 12.9. The van der Waals surface area contributed by atoms with E-state index < -0.39 is 11.5 Å². The van der Waals surface area contributed by atoms with E-state index in [0.717, 1.165) is 19.3 Å². The van der Waals surface area contributed by atoms with Gasteiger partial charge in [0.15, 0.2) is 0 Å². The third-order valence-electron chi connectivity index (χ3n) is 12.9. The molecule has 9 atom stereocenters. The van der Waals surface area contributed by atoms with Gasteiger partial charge in [-0.05, 0) is 84.9 Å². The monoisotopic (exact) mass is 456 g/mol. The maximum atomic E-state index is 12.9. The highest BCUT2D eigenvalue weighted by Gasteiger charge is 2.70. The quantitative estimate of drug-likeness (QED) is 0.454. The number of aliphatic hydroxyl groups excluding tert-OH is 2. The lowest BCUT2D eigenvalue weighted by molar-refractivity contribution is -0.242. The summed E-state index contributed by atoms with van der Waals surface area (Å²) >= 11 is 0. The average molecular weight is 457 g/mol. The Morgan fingerprint density at radius 2 is 1.58 bits per heavy atom. The van der Waals surface area contributed by atoms with Crippen molar-refractivity contribution >= 4 is 5.78 Å². The Morgan fingerprint density at radius 3 is 2.24 bits per heavy atom. The van der Waals surface area contributed by atoms with Gasteiger partial charge in [-0.2, -0.15) is 0 Å². The van der Waals surface area contributed by atoms with E-state index in [-0.39, 0.29) is 39.6 Å². The Labute approximate surface area is 201 Å². The van der Waals surface area contributed by atoms with Crippen molar-refractivity contribution in [1.82, 2.24) is 0 Å². The highest BCUT2D eigenvalue weighted by molar-refractivity contribution is 5.85. The van der Waals surface area contributed by atoms with E-state index in [1.54, 1.807) is 5.57 Å². The molecular weight excluding hydrogens is 408 g/mol. The van der Waals surface area contributed by atoms with E-state index in [1.807, 2.05) is 0 Å². The van der Waals surface area contributed by atoms with E-state index in [2.05, 4.69) is 54.5 Å². The molecule has 0 amide bonds. The van der Waals surface area contributed by atoms with Crippen LogP contribution in [0.1, 0.15) is 106 Å². The highest BCUT2D eigenvalue weighted by atomic mass is 16.3. The first-order valence-electron chi connectivity index (χ1n) is 13.7. The molecule has 33 heavy (non-hydrogen) atoms. The molecule has 3 heteroatoms. The first-order chi connectivity index (χ1) is 15.2. The predicted octanol–water partition coefficient (Wildman–Crippen LogP) is 6.32. The van der Waals surface area contributed by atoms with Crippen LogP contribution in [0.25, 0.3) is 0 Å². The minimum absolute atomic E-state index is 0.0130. The second kappa shape index (κ2) is 6.96. The summed E-state index contributed by atoms with van der Waals surface area (Å²) in [5, 5.41) is 21.9. The number of fused-ring (bicyclic) bond motifs is 7. The lowest BCUT2D eigenvalue weighted by Gasteiger charge is -2.72. The van der Waals surface area contributed by atoms with E-state index in [1.165, 1.54) is 32.1 Å². The molecule has 0 bridgehead atoms. The van der Waals surface area contributed by atoms with Crippen LogP contribution < -0.4 is 0 Å². The molecule has 0 radical (unpaired) electrons. The highest BCUT2D eigenvalue weighted by Crippen LogP contribution is 2.76. The molecule has 5 rings (SSSR count). The number of Topliss-reactive ketones (excluding diaryl/α,β-unsaturated/α-hetero) is 1. The molecule has 5 aliphatic rings. The van der Waals surface area contributed by atoms with E-state index in [0.29, 0.717) is 24.0 Å². The number of carbonyl (C=O) groups excluding carboxylic acids is 1. The minimum Gasteiger partial charge on any atom is -0.395 e. The molecule has 0 aromatic rings. The van der Waals surface area contributed by atoms with Crippen molar-refractivity contribution in [2.24, 2.45) is 50.2 Å². The van der Waals surface area contributed by atoms with Gasteiger partial charge >= 0.3 is 0 Å². The number of carbonyl (C=O) groups is 1. The van der Waals surface area contributed by atoms with Crippen molar-refractivity contribution in [1.29, 1.82) is 0 Å². The van der Waals surface area contributed by atoms with Crippen molar-refractivity contribution < 1.29 is 15.0 Å². The van der Waals surface area contributed by atoms with Crippen molar-refractivity contribution in [3.05, 3.63) is 11.6 Å². The summed E-state index contributed by atoms with van der Waals surface area (Å²) in [4.78, 5) is 12.9. The fraction of sp³-hybridized carbons (Fsp3) is 0.900. The Hall–Kier alpha value is -0.670. The maximum Gasteiger partial charge on any atom is 0.138 e. The topological polar surface area (TPSA) is 57.5 Å². The number of hydrogen-bond acceptors (Lipinski definition) is 3. The van der Waals surface area contributed by atoms with Crippen LogP contribution in [-0.2, 0) is 4.79 Å². The molecule has 0 aromatic heterocycles. The number of allylic oxidation sites excluding steroid dienone is 1. The van der Waals surface area contributed by atoms with Gasteiger partial charge in [0.2, 0.25) is 0 Å². The van der Waals surface area contributed by atoms with Crippen LogP contribution in [0.3, 0.4) is 0 Å². The lowest BCUT2D eigenvalue weighted by Crippen LogP contribution is -2.68. The van der Waals surface area contributed by atoms with Crippen molar-refractivity contribution in [2.75, 3.05) is 6.61 Å². The third kappa shape index (κ3) is 2.90. The van der Waals surface area contributed by atoms with Gasteiger partial charge in [-0.1, -0.05) is 60.1 Å². The first-order valence-corrected chi connectivity index (χ1v) is 13.7. The molecule has 2 N–H and O–H groups in total. The standard InChI is InChI=1S/C30H48O3/c1-25(2)23(33)10-11-28(5)22-9-8-19-20-16-26(3,18-31)12-13-27(20,4)14-15-29(19,6)30(22,7)17-21(32)24(25)28/h16,19,21-22,24,31-32H,8-15,17-18H2,1-7H3/t19-,21-,22-,24+,26-,27-,28-,29-,30-/m1/s1. The Balaban J connectivity index is 1.60. The van der Waals surface area contributed by atoms with Crippen LogP contribution in [0, 0.1) is 50.2 Å². The summed E-state index contributed by atoms with van der Waals surface area (Å²) in [5.74, 6) is 1.49. The van der Waals surface area contributed by atoms with Crippen molar-refractivity contribution in [3.8, 4) is 0 Å². The molecule has 3 nitrogen and oxygen atoms in total. The maximum absolute atomic E-state index is 12.9. The molecule has 186 valence electrons. The number of rotatable bonds is 1. The minimum atomic E-state index is -0.439. The largest absolute Gasteiger partial charge is 0.395 e. The number of aliphatic hydroxyl groups is 2. The van der Waals surface area contributed by atoms with Gasteiger partial charge in [0.05, 0.1) is 12.7 Å². The molecule has 4 saturated carbocycles. The fourth-order valence-electron chi connectivity index (χ4n) is 10.7. The van der Waals surface area contributed by atoms with Gasteiger partial charge in [-0.15, -0.1) is 0 Å². The van der Waals surface area contributed by atoms with Gasteiger partial charge in [-0.3, -0.25) is 4.79 Å². The number of hydrogen-bond donors (Lipinski definition) is 2. The Bertz CT molecular complexity index is 889. The predicted molar refractivity (Wildman–Crippen MR) is 133 cm³/mol. The van der Waals surface area contributed by atoms with Gasteiger partial charge in [0, 0.05) is 23.2 Å². The van der Waals surface area contributed by atoms with Crippen LogP contribution in [0.2, 0.25) is 0 Å². The average Bonchev–Trinajstić information content (AvgIpc) is 2.73. The Morgan fingerprint density at radius 1 is 0.909 bits per heavy atom. The first kappa shape index (κ1) is 24.0. The van der Waals surface area contributed by atoms with Crippen LogP contribution >= 0.6 is 0 Å². The van der Waals surface area contributed by atoms with Crippen LogP contribution in [-0.4, -0.2) is 28.7 Å². The van der Waals surface area contributed by atoms with Gasteiger partial charge in [-0.25, -0.2) is 0 Å². The summed E-state index contributed by atoms with van der Waals surface area (Å²) in [5.41, 5.74) is 1.58.